The third kappa shape index (κ3) is 4.80. The van der Waals surface area contributed by atoms with Gasteiger partial charge in [0.25, 0.3) is 0 Å². The molecule has 30 heavy (non-hydrogen) atoms. The van der Waals surface area contributed by atoms with Gasteiger partial charge in [-0.15, -0.1) is 11.3 Å². The van der Waals surface area contributed by atoms with Gasteiger partial charge >= 0.3 is 0 Å². The van der Waals surface area contributed by atoms with Crippen molar-refractivity contribution in [3.63, 3.8) is 0 Å². The maximum absolute atomic E-state index is 12.4. The first kappa shape index (κ1) is 20.0. The number of nitrogens with zero attached hydrogens (tertiary/aromatic N) is 3. The molecule has 3 aromatic rings. The van der Waals surface area contributed by atoms with Gasteiger partial charge in [-0.2, -0.15) is 5.10 Å². The van der Waals surface area contributed by atoms with E-state index in [1.807, 2.05) is 66.9 Å². The van der Waals surface area contributed by atoms with E-state index in [1.54, 1.807) is 0 Å². The lowest BCUT2D eigenvalue weighted by molar-refractivity contribution is -0.132. The van der Waals surface area contributed by atoms with Crippen LogP contribution in [0.1, 0.15) is 30.4 Å². The molecular weight excluding hydrogens is 396 g/mol. The van der Waals surface area contributed by atoms with E-state index in [0.29, 0.717) is 11.7 Å². The van der Waals surface area contributed by atoms with Gasteiger partial charge in [-0.25, -0.2) is 9.99 Å². The molecule has 0 saturated carbocycles. The number of amides is 2. The highest BCUT2D eigenvalue weighted by Crippen LogP contribution is 2.25. The molecule has 2 heterocycles. The van der Waals surface area contributed by atoms with E-state index in [4.69, 9.17) is 0 Å². The van der Waals surface area contributed by atoms with Crippen LogP contribution in [-0.4, -0.2) is 34.1 Å². The maximum atomic E-state index is 12.4. The summed E-state index contributed by atoms with van der Waals surface area (Å²) in [5.74, 6) is -0.366. The molecule has 0 spiro atoms. The van der Waals surface area contributed by atoms with E-state index < -0.39 is 0 Å². The van der Waals surface area contributed by atoms with Crippen LogP contribution < -0.4 is 5.32 Å². The first-order valence-electron chi connectivity index (χ1n) is 9.84. The molecule has 0 atom stereocenters. The minimum absolute atomic E-state index is 0.102. The SMILES string of the molecule is Cc1ccc(-c2csc(NC(=O)CCC(=O)N3CCC(c4ccccc4)=N3)n2)cc1. The molecule has 0 bridgehead atoms. The zero-order valence-electron chi connectivity index (χ0n) is 16.7. The van der Waals surface area contributed by atoms with Crippen LogP contribution in [0.5, 0.6) is 0 Å². The minimum atomic E-state index is -0.223. The zero-order chi connectivity index (χ0) is 20.9. The van der Waals surface area contributed by atoms with E-state index in [1.165, 1.54) is 21.9 Å². The number of hydrogen-bond acceptors (Lipinski definition) is 5. The number of thiazole rings is 1. The summed E-state index contributed by atoms with van der Waals surface area (Å²) < 4.78 is 0. The molecular formula is C23H22N4O2S. The number of hydrogen-bond donors (Lipinski definition) is 1. The van der Waals surface area contributed by atoms with Crippen LogP contribution in [0.4, 0.5) is 5.13 Å². The Morgan fingerprint density at radius 2 is 1.80 bits per heavy atom. The summed E-state index contributed by atoms with van der Waals surface area (Å²) in [4.78, 5) is 29.1. The maximum Gasteiger partial charge on any atom is 0.243 e. The Kier molecular flexibility index (Phi) is 5.99. The number of carbonyl (C=O) groups is 2. The van der Waals surface area contributed by atoms with Crippen molar-refractivity contribution < 1.29 is 9.59 Å². The normalized spacial score (nSPS) is 13.2. The predicted octanol–water partition coefficient (Wildman–Crippen LogP) is 4.47. The number of hydrazone groups is 1. The fourth-order valence-corrected chi connectivity index (χ4v) is 3.93. The second kappa shape index (κ2) is 9.00. The number of rotatable bonds is 6. The number of aromatic nitrogens is 1. The smallest absolute Gasteiger partial charge is 0.243 e. The van der Waals surface area contributed by atoms with Crippen molar-refractivity contribution in [3.8, 4) is 11.3 Å². The fraction of sp³-hybridized carbons (Fsp3) is 0.217. The Balaban J connectivity index is 1.28. The van der Waals surface area contributed by atoms with Crippen LogP contribution in [0.15, 0.2) is 65.1 Å². The molecule has 1 aromatic heterocycles. The lowest BCUT2D eigenvalue weighted by atomic mass is 10.1. The number of anilines is 1. The molecule has 152 valence electrons. The van der Waals surface area contributed by atoms with Crippen molar-refractivity contribution in [2.75, 3.05) is 11.9 Å². The molecule has 0 unspecified atom stereocenters. The van der Waals surface area contributed by atoms with E-state index in [2.05, 4.69) is 15.4 Å². The minimum Gasteiger partial charge on any atom is -0.302 e. The summed E-state index contributed by atoms with van der Waals surface area (Å²) in [5.41, 5.74) is 4.95. The summed E-state index contributed by atoms with van der Waals surface area (Å²) in [6.45, 7) is 2.59. The lowest BCUT2D eigenvalue weighted by Crippen LogP contribution is -2.24. The highest BCUT2D eigenvalue weighted by atomic mass is 32.1. The molecule has 0 fully saturated rings. The molecule has 4 rings (SSSR count). The number of nitrogens with one attached hydrogen (secondary N) is 1. The molecule has 2 aromatic carbocycles. The van der Waals surface area contributed by atoms with Crippen LogP contribution in [-0.2, 0) is 9.59 Å². The van der Waals surface area contributed by atoms with Gasteiger partial charge in [-0.05, 0) is 12.5 Å². The number of aryl methyl sites for hydroxylation is 1. The summed E-state index contributed by atoms with van der Waals surface area (Å²) in [5, 5.41) is 11.1. The standard InChI is InChI=1S/C23H22N4O2S/c1-16-7-9-18(10-8-16)20-15-30-23(24-20)25-21(28)11-12-22(29)27-14-13-19(26-27)17-5-3-2-4-6-17/h2-10,15H,11-14H2,1H3,(H,24,25,28). The van der Waals surface area contributed by atoms with E-state index in [0.717, 1.165) is 29.0 Å². The van der Waals surface area contributed by atoms with Crippen LogP contribution >= 0.6 is 11.3 Å². The van der Waals surface area contributed by atoms with Gasteiger partial charge in [0.2, 0.25) is 11.8 Å². The molecule has 0 saturated heterocycles. The number of benzene rings is 2. The van der Waals surface area contributed by atoms with Gasteiger partial charge in [0, 0.05) is 30.2 Å². The van der Waals surface area contributed by atoms with E-state index in [9.17, 15) is 9.59 Å². The molecule has 6 nitrogen and oxygen atoms in total. The molecule has 0 aliphatic carbocycles. The Bertz CT molecular complexity index is 1070. The van der Waals surface area contributed by atoms with Crippen LogP contribution in [0.25, 0.3) is 11.3 Å². The van der Waals surface area contributed by atoms with E-state index >= 15 is 0 Å². The highest BCUT2D eigenvalue weighted by molar-refractivity contribution is 7.14. The first-order valence-corrected chi connectivity index (χ1v) is 10.7. The van der Waals surface area contributed by atoms with Crippen molar-refractivity contribution in [2.24, 2.45) is 5.10 Å². The Labute approximate surface area is 179 Å². The third-order valence-corrected chi connectivity index (χ3v) is 5.62. The largest absolute Gasteiger partial charge is 0.302 e. The highest BCUT2D eigenvalue weighted by Gasteiger charge is 2.22. The van der Waals surface area contributed by atoms with Crippen LogP contribution in [0.2, 0.25) is 0 Å². The van der Waals surface area contributed by atoms with Crippen LogP contribution in [0.3, 0.4) is 0 Å². The lowest BCUT2D eigenvalue weighted by Gasteiger charge is -2.10. The van der Waals surface area contributed by atoms with E-state index in [-0.39, 0.29) is 24.7 Å². The second-order valence-corrected chi connectivity index (χ2v) is 7.99. The summed E-state index contributed by atoms with van der Waals surface area (Å²) in [6, 6.07) is 17.9. The Morgan fingerprint density at radius 3 is 2.57 bits per heavy atom. The average molecular weight is 419 g/mol. The molecule has 7 heteroatoms. The average Bonchev–Trinajstić information content (AvgIpc) is 3.43. The van der Waals surface area contributed by atoms with Gasteiger partial charge in [0.15, 0.2) is 5.13 Å². The van der Waals surface area contributed by atoms with Gasteiger partial charge in [0.05, 0.1) is 18.0 Å². The van der Waals surface area contributed by atoms with Crippen molar-refractivity contribution >= 4 is 34.0 Å². The Morgan fingerprint density at radius 1 is 1.03 bits per heavy atom. The van der Waals surface area contributed by atoms with Gasteiger partial charge in [0.1, 0.15) is 0 Å². The van der Waals surface area contributed by atoms with Crippen molar-refractivity contribution in [2.45, 2.75) is 26.2 Å². The molecule has 0 radical (unpaired) electrons. The topological polar surface area (TPSA) is 74.7 Å². The van der Waals surface area contributed by atoms with Crippen molar-refractivity contribution in [1.82, 2.24) is 9.99 Å². The Hall–Kier alpha value is -3.32. The number of carbonyl (C=O) groups excluding carboxylic acids is 2. The zero-order valence-corrected chi connectivity index (χ0v) is 17.5. The van der Waals surface area contributed by atoms with Gasteiger partial charge in [-0.1, -0.05) is 60.2 Å². The molecule has 1 aliphatic rings. The fourth-order valence-electron chi connectivity index (χ4n) is 3.19. The van der Waals surface area contributed by atoms with Crippen molar-refractivity contribution in [1.29, 1.82) is 0 Å². The van der Waals surface area contributed by atoms with Crippen LogP contribution in [0, 0.1) is 6.92 Å². The second-order valence-electron chi connectivity index (χ2n) is 7.13. The van der Waals surface area contributed by atoms with Crippen molar-refractivity contribution in [3.05, 3.63) is 71.1 Å². The molecule has 1 aliphatic heterocycles. The summed E-state index contributed by atoms with van der Waals surface area (Å²) >= 11 is 1.37. The van der Waals surface area contributed by atoms with Gasteiger partial charge < -0.3 is 5.32 Å². The first-order chi connectivity index (χ1) is 14.6. The molecule has 1 N–H and O–H groups in total. The predicted molar refractivity (Wildman–Crippen MR) is 119 cm³/mol. The monoisotopic (exact) mass is 418 g/mol. The van der Waals surface area contributed by atoms with Gasteiger partial charge in [-0.3, -0.25) is 9.59 Å². The quantitative estimate of drug-likeness (QED) is 0.642. The third-order valence-electron chi connectivity index (χ3n) is 4.86. The summed E-state index contributed by atoms with van der Waals surface area (Å²) in [6.07, 6.45) is 0.946. The summed E-state index contributed by atoms with van der Waals surface area (Å²) in [7, 11) is 0. The molecule has 2 amide bonds.